The third-order valence-corrected chi connectivity index (χ3v) is 2.30. The van der Waals surface area contributed by atoms with Gasteiger partial charge in [0.2, 0.25) is 0 Å². The van der Waals surface area contributed by atoms with E-state index < -0.39 is 0 Å². The summed E-state index contributed by atoms with van der Waals surface area (Å²) in [5, 5.41) is 0. The zero-order valence-electron chi connectivity index (χ0n) is 9.12. The van der Waals surface area contributed by atoms with E-state index in [0.29, 0.717) is 6.10 Å². The van der Waals surface area contributed by atoms with Crippen molar-refractivity contribution in [3.63, 3.8) is 0 Å². The van der Waals surface area contributed by atoms with Gasteiger partial charge in [-0.15, -0.1) is 0 Å². The molecule has 0 unspecified atom stereocenters. The summed E-state index contributed by atoms with van der Waals surface area (Å²) in [7, 11) is 0. The quantitative estimate of drug-likeness (QED) is 0.495. The second kappa shape index (κ2) is 5.63. The number of nitrogens with zero attached hydrogens (tertiary/aromatic N) is 1. The molecule has 1 aliphatic rings. The first-order valence-corrected chi connectivity index (χ1v) is 5.25. The van der Waals surface area contributed by atoms with Gasteiger partial charge in [0, 0.05) is 5.70 Å². The molecule has 14 heavy (non-hydrogen) atoms. The summed E-state index contributed by atoms with van der Waals surface area (Å²) in [5.74, 6) is 0.861. The van der Waals surface area contributed by atoms with Crippen molar-refractivity contribution in [3.8, 4) is 0 Å². The van der Waals surface area contributed by atoms with E-state index in [1.807, 2.05) is 19.9 Å². The van der Waals surface area contributed by atoms with E-state index in [1.54, 1.807) is 6.21 Å². The summed E-state index contributed by atoms with van der Waals surface area (Å²) in [4.78, 5) is 4.13. The molecule has 0 atom stereocenters. The SMILES string of the molecule is C=C(C)N=C/C(=C\C)OC1CCCC1. The Balaban J connectivity index is 2.42. The first-order chi connectivity index (χ1) is 6.72. The van der Waals surface area contributed by atoms with Crippen LogP contribution in [0.3, 0.4) is 0 Å². The molecule has 0 aliphatic heterocycles. The van der Waals surface area contributed by atoms with Crippen LogP contribution in [-0.2, 0) is 4.74 Å². The van der Waals surface area contributed by atoms with Crippen LogP contribution >= 0.6 is 0 Å². The van der Waals surface area contributed by atoms with E-state index in [1.165, 1.54) is 25.7 Å². The predicted molar refractivity (Wildman–Crippen MR) is 60.4 cm³/mol. The van der Waals surface area contributed by atoms with Crippen molar-refractivity contribution in [2.45, 2.75) is 45.6 Å². The van der Waals surface area contributed by atoms with Gasteiger partial charge in [0.1, 0.15) is 5.76 Å². The minimum absolute atomic E-state index is 0.401. The molecule has 0 spiro atoms. The molecule has 1 saturated carbocycles. The largest absolute Gasteiger partial charge is 0.489 e. The minimum Gasteiger partial charge on any atom is -0.489 e. The molecule has 1 fully saturated rings. The van der Waals surface area contributed by atoms with Gasteiger partial charge in [-0.2, -0.15) is 0 Å². The molecule has 0 saturated heterocycles. The van der Waals surface area contributed by atoms with Crippen molar-refractivity contribution in [2.75, 3.05) is 0 Å². The van der Waals surface area contributed by atoms with Gasteiger partial charge < -0.3 is 4.74 Å². The Kier molecular flexibility index (Phi) is 4.44. The summed E-state index contributed by atoms with van der Waals surface area (Å²) in [6, 6.07) is 0. The summed E-state index contributed by atoms with van der Waals surface area (Å²) in [6.07, 6.45) is 9.04. The molecule has 0 radical (unpaired) electrons. The number of aliphatic imine (C=N–C) groups is 1. The van der Waals surface area contributed by atoms with Gasteiger partial charge in [-0.05, 0) is 45.6 Å². The Labute approximate surface area is 86.4 Å². The normalized spacial score (nSPS) is 19.1. The zero-order chi connectivity index (χ0) is 10.4. The minimum atomic E-state index is 0.401. The summed E-state index contributed by atoms with van der Waals surface area (Å²) in [6.45, 7) is 7.55. The van der Waals surface area contributed by atoms with Crippen LogP contribution in [0, 0.1) is 0 Å². The Bertz CT molecular complexity index is 247. The van der Waals surface area contributed by atoms with Crippen molar-refractivity contribution >= 4 is 6.21 Å². The highest BCUT2D eigenvalue weighted by Gasteiger charge is 2.16. The van der Waals surface area contributed by atoms with Crippen LogP contribution in [0.1, 0.15) is 39.5 Å². The lowest BCUT2D eigenvalue weighted by molar-refractivity contribution is 0.137. The van der Waals surface area contributed by atoms with Crippen LogP contribution in [0.5, 0.6) is 0 Å². The van der Waals surface area contributed by atoms with Crippen LogP contribution < -0.4 is 0 Å². The van der Waals surface area contributed by atoms with Crippen molar-refractivity contribution < 1.29 is 4.74 Å². The number of hydrogen-bond donors (Lipinski definition) is 0. The number of rotatable bonds is 4. The van der Waals surface area contributed by atoms with Gasteiger partial charge in [0.05, 0.1) is 12.3 Å². The monoisotopic (exact) mass is 193 g/mol. The van der Waals surface area contributed by atoms with Gasteiger partial charge in [-0.25, -0.2) is 0 Å². The molecule has 0 bridgehead atoms. The third kappa shape index (κ3) is 3.77. The highest BCUT2D eigenvalue weighted by atomic mass is 16.5. The molecule has 2 heteroatoms. The van der Waals surface area contributed by atoms with E-state index >= 15 is 0 Å². The maximum atomic E-state index is 5.78. The van der Waals surface area contributed by atoms with Gasteiger partial charge in [-0.1, -0.05) is 6.58 Å². The summed E-state index contributed by atoms with van der Waals surface area (Å²) >= 11 is 0. The molecule has 0 aromatic rings. The van der Waals surface area contributed by atoms with E-state index in [-0.39, 0.29) is 0 Å². The van der Waals surface area contributed by atoms with Gasteiger partial charge in [-0.3, -0.25) is 4.99 Å². The highest BCUT2D eigenvalue weighted by molar-refractivity contribution is 5.76. The molecule has 0 N–H and O–H groups in total. The molecular formula is C12H19NO. The Hall–Kier alpha value is -1.05. The molecular weight excluding hydrogens is 174 g/mol. The van der Waals surface area contributed by atoms with Gasteiger partial charge >= 0.3 is 0 Å². The maximum absolute atomic E-state index is 5.78. The first kappa shape index (κ1) is 11.0. The lowest BCUT2D eigenvalue weighted by Crippen LogP contribution is -2.07. The van der Waals surface area contributed by atoms with Crippen LogP contribution in [-0.4, -0.2) is 12.3 Å². The molecule has 78 valence electrons. The van der Waals surface area contributed by atoms with Gasteiger partial charge in [0.15, 0.2) is 0 Å². The molecule has 0 aromatic heterocycles. The first-order valence-electron chi connectivity index (χ1n) is 5.25. The van der Waals surface area contributed by atoms with E-state index in [4.69, 9.17) is 4.74 Å². The van der Waals surface area contributed by atoms with E-state index in [2.05, 4.69) is 11.6 Å². The van der Waals surface area contributed by atoms with Crippen LogP contribution in [0.15, 0.2) is 29.1 Å². The number of ether oxygens (including phenoxy) is 1. The Morgan fingerprint density at radius 2 is 2.07 bits per heavy atom. The van der Waals surface area contributed by atoms with Gasteiger partial charge in [0.25, 0.3) is 0 Å². The molecule has 0 amide bonds. The second-order valence-electron chi connectivity index (χ2n) is 3.71. The standard InChI is InChI=1S/C12H19NO/c1-4-11(9-13-10(2)3)14-12-7-5-6-8-12/h4,9,12H,2,5-8H2,1,3H3/b11-4+,13-9?. The Morgan fingerprint density at radius 1 is 1.43 bits per heavy atom. The molecule has 1 rings (SSSR count). The number of hydrogen-bond acceptors (Lipinski definition) is 2. The summed E-state index contributed by atoms with van der Waals surface area (Å²) in [5.41, 5.74) is 0.805. The average molecular weight is 193 g/mol. The fraction of sp³-hybridized carbons (Fsp3) is 0.583. The molecule has 0 aromatic carbocycles. The lowest BCUT2D eigenvalue weighted by Gasteiger charge is -2.12. The van der Waals surface area contributed by atoms with Crippen molar-refractivity contribution in [1.29, 1.82) is 0 Å². The fourth-order valence-electron chi connectivity index (χ4n) is 1.55. The second-order valence-corrected chi connectivity index (χ2v) is 3.71. The van der Waals surface area contributed by atoms with Crippen molar-refractivity contribution in [3.05, 3.63) is 24.1 Å². The van der Waals surface area contributed by atoms with Crippen molar-refractivity contribution in [1.82, 2.24) is 0 Å². The van der Waals surface area contributed by atoms with E-state index in [9.17, 15) is 0 Å². The van der Waals surface area contributed by atoms with Crippen LogP contribution in [0.4, 0.5) is 0 Å². The molecule has 0 heterocycles. The Morgan fingerprint density at radius 3 is 2.57 bits per heavy atom. The zero-order valence-corrected chi connectivity index (χ0v) is 9.12. The van der Waals surface area contributed by atoms with Crippen LogP contribution in [0.2, 0.25) is 0 Å². The molecule has 1 aliphatic carbocycles. The fourth-order valence-corrected chi connectivity index (χ4v) is 1.55. The molecule has 2 nitrogen and oxygen atoms in total. The number of allylic oxidation sites excluding steroid dienone is 3. The van der Waals surface area contributed by atoms with E-state index in [0.717, 1.165) is 11.5 Å². The highest BCUT2D eigenvalue weighted by Crippen LogP contribution is 2.22. The summed E-state index contributed by atoms with van der Waals surface area (Å²) < 4.78 is 5.78. The predicted octanol–water partition coefficient (Wildman–Crippen LogP) is 3.45. The topological polar surface area (TPSA) is 21.6 Å². The van der Waals surface area contributed by atoms with Crippen LogP contribution in [0.25, 0.3) is 0 Å². The van der Waals surface area contributed by atoms with Crippen molar-refractivity contribution in [2.24, 2.45) is 4.99 Å². The average Bonchev–Trinajstić information content (AvgIpc) is 2.64. The lowest BCUT2D eigenvalue weighted by atomic mass is 10.3. The maximum Gasteiger partial charge on any atom is 0.133 e. The third-order valence-electron chi connectivity index (χ3n) is 2.30. The smallest absolute Gasteiger partial charge is 0.133 e.